The van der Waals surface area contributed by atoms with Crippen molar-refractivity contribution in [3.63, 3.8) is 0 Å². The fraction of sp³-hybridized carbons (Fsp3) is 0.419. The van der Waals surface area contributed by atoms with Crippen molar-refractivity contribution in [3.8, 4) is 5.75 Å². The molecule has 3 aromatic rings. The summed E-state index contributed by atoms with van der Waals surface area (Å²) in [6.45, 7) is 5.00. The SMILES string of the molecule is CC(O)C[N+](CCO)(CCOCCOOOOOOCCN(c1ccccc1)c1ccccc1)CCc1ccccc1O.O=[N+]([O-])[O-]. The van der Waals surface area contributed by atoms with E-state index in [0.29, 0.717) is 50.2 Å². The number of aromatic hydroxyl groups is 1. The third-order valence-corrected chi connectivity index (χ3v) is 6.81. The molecule has 16 nitrogen and oxygen atoms in total. The lowest BCUT2D eigenvalue weighted by molar-refractivity contribution is -0.931. The molecule has 0 saturated heterocycles. The van der Waals surface area contributed by atoms with Crippen LogP contribution in [0.4, 0.5) is 11.4 Å². The molecule has 0 aromatic heterocycles. The van der Waals surface area contributed by atoms with Gasteiger partial charge in [-0.1, -0.05) is 54.6 Å². The molecule has 0 spiro atoms. The molecule has 47 heavy (non-hydrogen) atoms. The highest BCUT2D eigenvalue weighted by molar-refractivity contribution is 5.62. The number of aliphatic hydroxyl groups excluding tert-OH is 2. The Morgan fingerprint density at radius 2 is 1.32 bits per heavy atom. The predicted octanol–water partition coefficient (Wildman–Crippen LogP) is 3.42. The van der Waals surface area contributed by atoms with Crippen molar-refractivity contribution in [2.24, 2.45) is 0 Å². The number of phenolic OH excluding ortho intramolecular Hbond substituents is 1. The Labute approximate surface area is 272 Å². The van der Waals surface area contributed by atoms with E-state index < -0.39 is 11.2 Å². The van der Waals surface area contributed by atoms with E-state index in [1.54, 1.807) is 19.1 Å². The first-order valence-corrected chi connectivity index (χ1v) is 14.9. The average Bonchev–Trinajstić information content (AvgIpc) is 3.05. The fourth-order valence-corrected chi connectivity index (χ4v) is 4.80. The Morgan fingerprint density at radius 1 is 0.766 bits per heavy atom. The summed E-state index contributed by atoms with van der Waals surface area (Å²) in [6, 6.07) is 26.9. The lowest BCUT2D eigenvalue weighted by Gasteiger charge is -2.39. The molecule has 2 unspecified atom stereocenters. The molecule has 0 saturated carbocycles. The van der Waals surface area contributed by atoms with Crippen LogP contribution in [0.1, 0.15) is 12.5 Å². The molecule has 2 atom stereocenters. The summed E-state index contributed by atoms with van der Waals surface area (Å²) in [5.41, 5.74) is 2.82. The van der Waals surface area contributed by atoms with E-state index in [4.69, 9.17) is 29.8 Å². The molecule has 3 rings (SSSR count). The smallest absolute Gasteiger partial charge is 0.118 e. The van der Waals surface area contributed by atoms with Gasteiger partial charge in [-0.05, 0) is 63.0 Å². The maximum Gasteiger partial charge on any atom is 0.118 e. The van der Waals surface area contributed by atoms with E-state index in [2.05, 4.69) is 25.1 Å². The normalized spacial score (nSPS) is 12.8. The van der Waals surface area contributed by atoms with Gasteiger partial charge in [0, 0.05) is 24.3 Å². The first kappa shape index (κ1) is 39.2. The van der Waals surface area contributed by atoms with Crippen molar-refractivity contribution >= 4 is 11.4 Å². The van der Waals surface area contributed by atoms with E-state index in [0.717, 1.165) is 16.9 Å². The van der Waals surface area contributed by atoms with Gasteiger partial charge in [0.2, 0.25) is 0 Å². The van der Waals surface area contributed by atoms with Gasteiger partial charge < -0.3 is 44.8 Å². The number of ether oxygens (including phenoxy) is 1. The van der Waals surface area contributed by atoms with E-state index in [1.807, 2.05) is 72.8 Å². The molecule has 16 heteroatoms. The van der Waals surface area contributed by atoms with Crippen molar-refractivity contribution in [1.29, 1.82) is 0 Å². The monoisotopic (exact) mass is 665 g/mol. The molecule has 0 aliphatic rings. The summed E-state index contributed by atoms with van der Waals surface area (Å²) >= 11 is 0. The van der Waals surface area contributed by atoms with Gasteiger partial charge in [0.1, 0.15) is 44.7 Å². The number of quaternary nitrogens is 1. The second-order valence-corrected chi connectivity index (χ2v) is 10.2. The van der Waals surface area contributed by atoms with Crippen LogP contribution in [0, 0.1) is 15.3 Å². The van der Waals surface area contributed by atoms with Crippen LogP contribution in [0.3, 0.4) is 0 Å². The molecular formula is C31H43N3O13. The van der Waals surface area contributed by atoms with E-state index in [1.165, 1.54) is 0 Å². The van der Waals surface area contributed by atoms with Crippen molar-refractivity contribution in [3.05, 3.63) is 106 Å². The Hall–Kier alpha value is -3.94. The fourth-order valence-electron chi connectivity index (χ4n) is 4.80. The van der Waals surface area contributed by atoms with Gasteiger partial charge in [-0.25, -0.2) is 9.78 Å². The van der Waals surface area contributed by atoms with E-state index in [9.17, 15) is 15.3 Å². The highest BCUT2D eigenvalue weighted by Crippen LogP contribution is 2.24. The molecule has 3 aromatic carbocycles. The van der Waals surface area contributed by atoms with Crippen LogP contribution in [0.2, 0.25) is 0 Å². The highest BCUT2D eigenvalue weighted by Gasteiger charge is 2.29. The maximum atomic E-state index is 10.1. The van der Waals surface area contributed by atoms with Crippen LogP contribution in [0.25, 0.3) is 0 Å². The molecule has 0 heterocycles. The van der Waals surface area contributed by atoms with Crippen LogP contribution in [0.5, 0.6) is 5.75 Å². The molecule has 0 aliphatic carbocycles. The summed E-state index contributed by atoms with van der Waals surface area (Å²) in [5, 5.41) is 62.3. The first-order chi connectivity index (χ1) is 22.8. The molecule has 0 aliphatic heterocycles. The quantitative estimate of drug-likeness (QED) is 0.0438. The van der Waals surface area contributed by atoms with Crippen LogP contribution < -0.4 is 4.90 Å². The third-order valence-electron chi connectivity index (χ3n) is 6.81. The van der Waals surface area contributed by atoms with Gasteiger partial charge in [-0.2, -0.15) is 0 Å². The number of nitrogens with zero attached hydrogens (tertiary/aromatic N) is 3. The van der Waals surface area contributed by atoms with Crippen molar-refractivity contribution in [1.82, 2.24) is 0 Å². The lowest BCUT2D eigenvalue weighted by Crippen LogP contribution is -2.56. The molecule has 260 valence electrons. The highest BCUT2D eigenvalue weighted by atomic mass is 17.8. The van der Waals surface area contributed by atoms with Gasteiger partial charge >= 0.3 is 0 Å². The lowest BCUT2D eigenvalue weighted by atomic mass is 10.1. The van der Waals surface area contributed by atoms with Crippen LogP contribution in [0.15, 0.2) is 84.9 Å². The Morgan fingerprint density at radius 3 is 1.87 bits per heavy atom. The number of hydrogen-bond acceptors (Lipinski definition) is 14. The van der Waals surface area contributed by atoms with Gasteiger partial charge in [-0.15, -0.1) is 0 Å². The number of aliphatic hydroxyl groups is 2. The topological polar surface area (TPSA) is 195 Å². The zero-order chi connectivity index (χ0) is 34.2. The molecule has 0 radical (unpaired) electrons. The van der Waals surface area contributed by atoms with E-state index in [-0.39, 0.29) is 32.2 Å². The second kappa shape index (κ2) is 23.4. The largest absolute Gasteiger partial charge is 0.508 e. The molecular weight excluding hydrogens is 622 g/mol. The summed E-state index contributed by atoms with van der Waals surface area (Å²) in [5.74, 6) is 0.232. The number of benzene rings is 3. The summed E-state index contributed by atoms with van der Waals surface area (Å²) in [7, 11) is 0. The van der Waals surface area contributed by atoms with E-state index >= 15 is 0 Å². The standard InChI is InChI=1S/C31H42N2O10.NO3/c1-27(35)26-33(19-21-34,18-16-28-10-8-9-15-31(28)36)20-23-37-24-25-39-41-43-42-40-38-22-17-32(29-11-4-2-5-12-29)30-13-6-3-7-14-30;2-1(3)4/h2-15,27,34-35H,16-26H2,1H3;/q;-1/p+1. The summed E-state index contributed by atoms with van der Waals surface area (Å²) in [6.07, 6.45) is 0.0280. The Bertz CT molecular complexity index is 1180. The first-order valence-electron chi connectivity index (χ1n) is 14.9. The zero-order valence-electron chi connectivity index (χ0n) is 26.2. The van der Waals surface area contributed by atoms with Crippen LogP contribution in [-0.2, 0) is 41.1 Å². The minimum atomic E-state index is -1.75. The molecule has 0 amide bonds. The molecule has 0 bridgehead atoms. The zero-order valence-corrected chi connectivity index (χ0v) is 26.2. The number of rotatable bonds is 23. The van der Waals surface area contributed by atoms with Gasteiger partial charge in [0.25, 0.3) is 0 Å². The average molecular weight is 666 g/mol. The minimum Gasteiger partial charge on any atom is -0.508 e. The summed E-state index contributed by atoms with van der Waals surface area (Å²) in [4.78, 5) is 20.1. The van der Waals surface area contributed by atoms with Crippen LogP contribution >= 0.6 is 0 Å². The number of para-hydroxylation sites is 3. The number of anilines is 2. The predicted molar refractivity (Wildman–Crippen MR) is 168 cm³/mol. The third kappa shape index (κ3) is 17.0. The van der Waals surface area contributed by atoms with Gasteiger partial charge in [0.05, 0.1) is 31.5 Å². The second-order valence-electron chi connectivity index (χ2n) is 10.2. The minimum absolute atomic E-state index is 0.0358. The summed E-state index contributed by atoms with van der Waals surface area (Å²) < 4.78 is 6.09. The van der Waals surface area contributed by atoms with Crippen molar-refractivity contribution in [2.75, 3.05) is 70.7 Å². The Balaban J connectivity index is 0.00000181. The van der Waals surface area contributed by atoms with Gasteiger partial charge in [0.15, 0.2) is 0 Å². The Kier molecular flexibility index (Phi) is 19.5. The number of hydrogen-bond donors (Lipinski definition) is 3. The van der Waals surface area contributed by atoms with Crippen molar-refractivity contribution < 1.29 is 59.6 Å². The van der Waals surface area contributed by atoms with Crippen LogP contribution in [-0.4, -0.2) is 96.8 Å². The van der Waals surface area contributed by atoms with Gasteiger partial charge in [-0.3, -0.25) is 0 Å². The maximum absolute atomic E-state index is 10.1. The molecule has 3 N–H and O–H groups in total. The number of phenols is 1. The van der Waals surface area contributed by atoms with Crippen molar-refractivity contribution in [2.45, 2.75) is 19.4 Å². The molecule has 0 fully saturated rings.